The maximum atomic E-state index is 5.19. The third-order valence-corrected chi connectivity index (χ3v) is 2.63. The third-order valence-electron chi connectivity index (χ3n) is 2.63. The molecule has 90 valence electrons. The summed E-state index contributed by atoms with van der Waals surface area (Å²) in [7, 11) is 1.70. The molecule has 0 amide bonds. The standard InChI is InChI=1S/C13H17N3O/c1-11(17-2)10-15-13-14-8-9-16(13)12-6-4-3-5-7-12/h3-9,11H,10H2,1-2H3,(H,14,15). The van der Waals surface area contributed by atoms with Crippen LogP contribution < -0.4 is 5.32 Å². The van der Waals surface area contributed by atoms with Crippen molar-refractivity contribution in [2.45, 2.75) is 13.0 Å². The first-order valence-electron chi connectivity index (χ1n) is 5.66. The van der Waals surface area contributed by atoms with E-state index in [1.165, 1.54) is 0 Å². The molecule has 0 fully saturated rings. The van der Waals surface area contributed by atoms with Crippen LogP contribution in [0.15, 0.2) is 42.7 Å². The Kier molecular flexibility index (Phi) is 3.77. The topological polar surface area (TPSA) is 39.1 Å². The van der Waals surface area contributed by atoms with Crippen molar-refractivity contribution in [3.8, 4) is 5.69 Å². The summed E-state index contributed by atoms with van der Waals surface area (Å²) in [5.74, 6) is 0.833. The van der Waals surface area contributed by atoms with Gasteiger partial charge in [0.25, 0.3) is 0 Å². The number of para-hydroxylation sites is 1. The van der Waals surface area contributed by atoms with Gasteiger partial charge < -0.3 is 10.1 Å². The molecule has 4 heteroatoms. The highest BCUT2D eigenvalue weighted by Crippen LogP contribution is 2.13. The van der Waals surface area contributed by atoms with Crippen LogP contribution in [0.25, 0.3) is 5.69 Å². The number of aromatic nitrogens is 2. The predicted octanol–water partition coefficient (Wildman–Crippen LogP) is 2.32. The van der Waals surface area contributed by atoms with Gasteiger partial charge in [-0.2, -0.15) is 0 Å². The van der Waals surface area contributed by atoms with Crippen molar-refractivity contribution in [2.75, 3.05) is 19.0 Å². The Balaban J connectivity index is 2.12. The van der Waals surface area contributed by atoms with Crippen LogP contribution in [-0.2, 0) is 4.74 Å². The molecule has 0 saturated carbocycles. The van der Waals surface area contributed by atoms with E-state index in [-0.39, 0.29) is 6.10 Å². The van der Waals surface area contributed by atoms with Gasteiger partial charge in [-0.1, -0.05) is 18.2 Å². The number of methoxy groups -OCH3 is 1. The summed E-state index contributed by atoms with van der Waals surface area (Å²) < 4.78 is 7.21. The average Bonchev–Trinajstić information content (AvgIpc) is 2.85. The van der Waals surface area contributed by atoms with Crippen molar-refractivity contribution in [1.29, 1.82) is 0 Å². The van der Waals surface area contributed by atoms with Gasteiger partial charge in [-0.05, 0) is 19.1 Å². The van der Waals surface area contributed by atoms with Gasteiger partial charge in [-0.3, -0.25) is 4.57 Å². The molecule has 2 rings (SSSR count). The van der Waals surface area contributed by atoms with Gasteiger partial charge in [-0.25, -0.2) is 4.98 Å². The van der Waals surface area contributed by atoms with Crippen molar-refractivity contribution in [3.63, 3.8) is 0 Å². The lowest BCUT2D eigenvalue weighted by molar-refractivity contribution is 0.128. The van der Waals surface area contributed by atoms with Crippen LogP contribution in [0.1, 0.15) is 6.92 Å². The van der Waals surface area contributed by atoms with Crippen molar-refractivity contribution < 1.29 is 4.74 Å². The van der Waals surface area contributed by atoms with Crippen LogP contribution in [0.2, 0.25) is 0 Å². The summed E-state index contributed by atoms with van der Waals surface area (Å²) in [5, 5.41) is 3.27. The molecule has 1 N–H and O–H groups in total. The molecule has 1 unspecified atom stereocenters. The fourth-order valence-corrected chi connectivity index (χ4v) is 1.55. The maximum absolute atomic E-state index is 5.19. The quantitative estimate of drug-likeness (QED) is 0.858. The third kappa shape index (κ3) is 2.85. The Morgan fingerprint density at radius 1 is 1.35 bits per heavy atom. The van der Waals surface area contributed by atoms with Crippen LogP contribution in [-0.4, -0.2) is 29.3 Å². The first-order valence-corrected chi connectivity index (χ1v) is 5.66. The number of benzene rings is 1. The minimum absolute atomic E-state index is 0.163. The SMILES string of the molecule is COC(C)CNc1nccn1-c1ccccc1. The van der Waals surface area contributed by atoms with Gasteiger partial charge >= 0.3 is 0 Å². The van der Waals surface area contributed by atoms with Crippen molar-refractivity contribution in [2.24, 2.45) is 0 Å². The average molecular weight is 231 g/mol. The molecule has 1 atom stereocenters. The van der Waals surface area contributed by atoms with E-state index in [9.17, 15) is 0 Å². The largest absolute Gasteiger partial charge is 0.380 e. The van der Waals surface area contributed by atoms with E-state index in [2.05, 4.69) is 10.3 Å². The molecule has 1 heterocycles. The zero-order valence-corrected chi connectivity index (χ0v) is 10.1. The molecule has 0 bridgehead atoms. The van der Waals surface area contributed by atoms with E-state index in [1.807, 2.05) is 48.0 Å². The molecular weight excluding hydrogens is 214 g/mol. The van der Waals surface area contributed by atoms with E-state index >= 15 is 0 Å². The van der Waals surface area contributed by atoms with E-state index in [1.54, 1.807) is 13.3 Å². The summed E-state index contributed by atoms with van der Waals surface area (Å²) in [6, 6.07) is 10.1. The maximum Gasteiger partial charge on any atom is 0.207 e. The fourth-order valence-electron chi connectivity index (χ4n) is 1.55. The van der Waals surface area contributed by atoms with Crippen LogP contribution in [0, 0.1) is 0 Å². The number of imidazole rings is 1. The minimum Gasteiger partial charge on any atom is -0.380 e. The van der Waals surface area contributed by atoms with Crippen molar-refractivity contribution in [3.05, 3.63) is 42.7 Å². The zero-order valence-electron chi connectivity index (χ0n) is 10.1. The van der Waals surface area contributed by atoms with Crippen LogP contribution in [0.5, 0.6) is 0 Å². The Morgan fingerprint density at radius 3 is 2.82 bits per heavy atom. The molecule has 0 saturated heterocycles. The number of hydrogen-bond donors (Lipinski definition) is 1. The molecular formula is C13H17N3O. The van der Waals surface area contributed by atoms with Crippen LogP contribution in [0.4, 0.5) is 5.95 Å². The van der Waals surface area contributed by atoms with E-state index in [4.69, 9.17) is 4.74 Å². The second kappa shape index (κ2) is 5.50. The second-order valence-corrected chi connectivity index (χ2v) is 3.88. The molecule has 0 aliphatic heterocycles. The van der Waals surface area contributed by atoms with Gasteiger partial charge in [0, 0.05) is 31.7 Å². The fraction of sp³-hybridized carbons (Fsp3) is 0.308. The summed E-state index contributed by atoms with van der Waals surface area (Å²) >= 11 is 0. The Labute approximate surface area is 101 Å². The molecule has 1 aromatic heterocycles. The van der Waals surface area contributed by atoms with Crippen LogP contribution >= 0.6 is 0 Å². The lowest BCUT2D eigenvalue weighted by Crippen LogP contribution is -2.19. The van der Waals surface area contributed by atoms with Gasteiger partial charge in [-0.15, -0.1) is 0 Å². The zero-order chi connectivity index (χ0) is 12.1. The smallest absolute Gasteiger partial charge is 0.207 e. The minimum atomic E-state index is 0.163. The Hall–Kier alpha value is -1.81. The molecule has 0 radical (unpaired) electrons. The van der Waals surface area contributed by atoms with Crippen LogP contribution in [0.3, 0.4) is 0 Å². The Morgan fingerprint density at radius 2 is 2.12 bits per heavy atom. The molecule has 17 heavy (non-hydrogen) atoms. The second-order valence-electron chi connectivity index (χ2n) is 3.88. The van der Waals surface area contributed by atoms with Crippen molar-refractivity contribution >= 4 is 5.95 Å². The normalized spacial score (nSPS) is 12.4. The lowest BCUT2D eigenvalue weighted by atomic mass is 10.3. The number of anilines is 1. The Bertz CT molecular complexity index is 453. The molecule has 0 aliphatic carbocycles. The molecule has 2 aromatic rings. The van der Waals surface area contributed by atoms with E-state index in [0.29, 0.717) is 0 Å². The predicted molar refractivity (Wildman–Crippen MR) is 68.5 cm³/mol. The number of nitrogens with one attached hydrogen (secondary N) is 1. The highest BCUT2D eigenvalue weighted by molar-refractivity contribution is 5.41. The van der Waals surface area contributed by atoms with Gasteiger partial charge in [0.15, 0.2) is 0 Å². The van der Waals surface area contributed by atoms with E-state index < -0.39 is 0 Å². The monoisotopic (exact) mass is 231 g/mol. The number of nitrogens with zero attached hydrogens (tertiary/aromatic N) is 2. The first kappa shape index (κ1) is 11.7. The molecule has 1 aromatic carbocycles. The molecule has 0 spiro atoms. The number of ether oxygens (including phenoxy) is 1. The highest BCUT2D eigenvalue weighted by Gasteiger charge is 2.05. The van der Waals surface area contributed by atoms with Gasteiger partial charge in [0.05, 0.1) is 6.10 Å². The molecule has 0 aliphatic rings. The highest BCUT2D eigenvalue weighted by atomic mass is 16.5. The summed E-state index contributed by atoms with van der Waals surface area (Å²) in [4.78, 5) is 4.30. The van der Waals surface area contributed by atoms with Crippen molar-refractivity contribution in [1.82, 2.24) is 9.55 Å². The lowest BCUT2D eigenvalue weighted by Gasteiger charge is -2.13. The number of rotatable bonds is 5. The summed E-state index contributed by atoms with van der Waals surface area (Å²) in [6.07, 6.45) is 3.89. The summed E-state index contributed by atoms with van der Waals surface area (Å²) in [5.41, 5.74) is 1.09. The number of hydrogen-bond acceptors (Lipinski definition) is 3. The van der Waals surface area contributed by atoms with Gasteiger partial charge in [0.1, 0.15) is 0 Å². The van der Waals surface area contributed by atoms with E-state index in [0.717, 1.165) is 18.2 Å². The molecule has 4 nitrogen and oxygen atoms in total. The van der Waals surface area contributed by atoms with Gasteiger partial charge in [0.2, 0.25) is 5.95 Å². The summed E-state index contributed by atoms with van der Waals surface area (Å²) in [6.45, 7) is 2.75. The first-order chi connectivity index (χ1) is 8.31.